The SMILES string of the molecule is Cc1ccc2oc(C(=O)N(CCC(=O)O)C3CC3)cc2c1. The lowest BCUT2D eigenvalue weighted by Crippen LogP contribution is -2.34. The van der Waals surface area contributed by atoms with Crippen molar-refractivity contribution in [1.82, 2.24) is 4.90 Å². The molecule has 0 aliphatic heterocycles. The summed E-state index contributed by atoms with van der Waals surface area (Å²) < 4.78 is 5.61. The summed E-state index contributed by atoms with van der Waals surface area (Å²) in [5, 5.41) is 9.70. The summed E-state index contributed by atoms with van der Waals surface area (Å²) >= 11 is 0. The molecule has 0 saturated heterocycles. The summed E-state index contributed by atoms with van der Waals surface area (Å²) in [5.41, 5.74) is 1.78. The maximum atomic E-state index is 12.5. The Morgan fingerprint density at radius 3 is 2.76 bits per heavy atom. The number of aliphatic carboxylic acids is 1. The number of aryl methyl sites for hydroxylation is 1. The third kappa shape index (κ3) is 2.91. The fourth-order valence-corrected chi connectivity index (χ4v) is 2.46. The molecule has 1 aromatic carbocycles. The van der Waals surface area contributed by atoms with Gasteiger partial charge in [0.25, 0.3) is 5.91 Å². The summed E-state index contributed by atoms with van der Waals surface area (Å²) in [6.07, 6.45) is 1.83. The van der Waals surface area contributed by atoms with Crippen molar-refractivity contribution in [2.45, 2.75) is 32.2 Å². The van der Waals surface area contributed by atoms with E-state index in [9.17, 15) is 9.59 Å². The third-order valence-corrected chi connectivity index (χ3v) is 3.70. The van der Waals surface area contributed by atoms with Gasteiger partial charge in [0.15, 0.2) is 5.76 Å². The van der Waals surface area contributed by atoms with Gasteiger partial charge in [-0.3, -0.25) is 9.59 Å². The summed E-state index contributed by atoms with van der Waals surface area (Å²) in [6.45, 7) is 2.21. The van der Waals surface area contributed by atoms with E-state index in [1.165, 1.54) is 0 Å². The van der Waals surface area contributed by atoms with Crippen LogP contribution in [0.15, 0.2) is 28.7 Å². The second kappa shape index (κ2) is 5.24. The zero-order valence-corrected chi connectivity index (χ0v) is 11.8. The van der Waals surface area contributed by atoms with Crippen LogP contribution in [-0.2, 0) is 4.79 Å². The van der Waals surface area contributed by atoms with Gasteiger partial charge in [-0.2, -0.15) is 0 Å². The van der Waals surface area contributed by atoms with Crippen LogP contribution in [0.5, 0.6) is 0 Å². The molecule has 1 N–H and O–H groups in total. The molecular formula is C16H17NO4. The quantitative estimate of drug-likeness (QED) is 0.918. The number of fused-ring (bicyclic) bond motifs is 1. The number of rotatable bonds is 5. The van der Waals surface area contributed by atoms with Crippen molar-refractivity contribution in [3.05, 3.63) is 35.6 Å². The molecule has 1 aliphatic rings. The Bertz CT molecular complexity index is 699. The summed E-state index contributed by atoms with van der Waals surface area (Å²) in [7, 11) is 0. The minimum atomic E-state index is -0.895. The molecule has 0 spiro atoms. The molecule has 1 saturated carbocycles. The van der Waals surface area contributed by atoms with Gasteiger partial charge in [0.2, 0.25) is 0 Å². The number of carboxylic acid groups (broad SMARTS) is 1. The molecule has 5 nitrogen and oxygen atoms in total. The topological polar surface area (TPSA) is 70.8 Å². The van der Waals surface area contributed by atoms with Crippen molar-refractivity contribution in [2.75, 3.05) is 6.54 Å². The highest BCUT2D eigenvalue weighted by Crippen LogP contribution is 2.30. The zero-order valence-electron chi connectivity index (χ0n) is 11.8. The second-order valence-corrected chi connectivity index (χ2v) is 5.53. The Morgan fingerprint density at radius 2 is 2.10 bits per heavy atom. The number of carbonyl (C=O) groups is 2. The number of hydrogen-bond donors (Lipinski definition) is 1. The van der Waals surface area contributed by atoms with Gasteiger partial charge in [0.05, 0.1) is 6.42 Å². The van der Waals surface area contributed by atoms with E-state index in [4.69, 9.17) is 9.52 Å². The first-order chi connectivity index (χ1) is 10.0. The molecule has 21 heavy (non-hydrogen) atoms. The van der Waals surface area contributed by atoms with Crippen LogP contribution in [0.25, 0.3) is 11.0 Å². The van der Waals surface area contributed by atoms with Crippen LogP contribution in [0, 0.1) is 6.92 Å². The van der Waals surface area contributed by atoms with Gasteiger partial charge in [-0.1, -0.05) is 11.6 Å². The number of amides is 1. The number of carboxylic acids is 1. The van der Waals surface area contributed by atoms with E-state index in [1.807, 2.05) is 25.1 Å². The Hall–Kier alpha value is -2.30. The van der Waals surface area contributed by atoms with Crippen LogP contribution in [0.4, 0.5) is 0 Å². The lowest BCUT2D eigenvalue weighted by molar-refractivity contribution is -0.137. The zero-order chi connectivity index (χ0) is 15.0. The predicted octanol–water partition coefficient (Wildman–Crippen LogP) is 2.82. The van der Waals surface area contributed by atoms with Crippen molar-refractivity contribution in [3.8, 4) is 0 Å². The molecule has 0 unspecified atom stereocenters. The first-order valence-electron chi connectivity index (χ1n) is 7.07. The monoisotopic (exact) mass is 287 g/mol. The average Bonchev–Trinajstić information content (AvgIpc) is 3.17. The smallest absolute Gasteiger partial charge is 0.305 e. The minimum Gasteiger partial charge on any atom is -0.481 e. The molecule has 1 aromatic heterocycles. The Balaban J connectivity index is 1.84. The maximum absolute atomic E-state index is 12.5. The van der Waals surface area contributed by atoms with Gasteiger partial charge in [0.1, 0.15) is 5.58 Å². The molecule has 1 heterocycles. The van der Waals surface area contributed by atoms with E-state index in [0.29, 0.717) is 5.58 Å². The Labute approximate surface area is 122 Å². The number of nitrogens with zero attached hydrogens (tertiary/aromatic N) is 1. The molecule has 5 heteroatoms. The van der Waals surface area contributed by atoms with Crippen LogP contribution in [0.3, 0.4) is 0 Å². The largest absolute Gasteiger partial charge is 0.481 e. The van der Waals surface area contributed by atoms with Crippen molar-refractivity contribution in [2.24, 2.45) is 0 Å². The third-order valence-electron chi connectivity index (χ3n) is 3.70. The van der Waals surface area contributed by atoms with E-state index >= 15 is 0 Å². The predicted molar refractivity (Wildman–Crippen MR) is 77.3 cm³/mol. The molecule has 1 aliphatic carbocycles. The molecule has 0 bridgehead atoms. The highest BCUT2D eigenvalue weighted by molar-refractivity contribution is 5.96. The lowest BCUT2D eigenvalue weighted by Gasteiger charge is -2.20. The second-order valence-electron chi connectivity index (χ2n) is 5.53. The number of carbonyl (C=O) groups excluding carboxylic acids is 1. The van der Waals surface area contributed by atoms with Gasteiger partial charge in [-0.15, -0.1) is 0 Å². The molecule has 3 rings (SSSR count). The van der Waals surface area contributed by atoms with E-state index in [1.54, 1.807) is 11.0 Å². The lowest BCUT2D eigenvalue weighted by atomic mass is 10.2. The van der Waals surface area contributed by atoms with Crippen LogP contribution >= 0.6 is 0 Å². The maximum Gasteiger partial charge on any atom is 0.305 e. The Morgan fingerprint density at radius 1 is 1.33 bits per heavy atom. The highest BCUT2D eigenvalue weighted by Gasteiger charge is 2.34. The van der Waals surface area contributed by atoms with E-state index in [0.717, 1.165) is 23.8 Å². The van der Waals surface area contributed by atoms with Gasteiger partial charge < -0.3 is 14.4 Å². The molecule has 1 amide bonds. The van der Waals surface area contributed by atoms with Gasteiger partial charge in [-0.25, -0.2) is 0 Å². The summed E-state index contributed by atoms with van der Waals surface area (Å²) in [4.78, 5) is 24.9. The van der Waals surface area contributed by atoms with Crippen LogP contribution < -0.4 is 0 Å². The number of furan rings is 1. The van der Waals surface area contributed by atoms with Crippen molar-refractivity contribution >= 4 is 22.8 Å². The molecule has 1 fully saturated rings. The van der Waals surface area contributed by atoms with Crippen molar-refractivity contribution in [1.29, 1.82) is 0 Å². The van der Waals surface area contributed by atoms with Crippen LogP contribution in [-0.4, -0.2) is 34.5 Å². The summed E-state index contributed by atoms with van der Waals surface area (Å²) in [5.74, 6) is -0.825. The number of hydrogen-bond acceptors (Lipinski definition) is 3. The van der Waals surface area contributed by atoms with Crippen LogP contribution in [0.1, 0.15) is 35.4 Å². The summed E-state index contributed by atoms with van der Waals surface area (Å²) in [6, 6.07) is 7.64. The molecular weight excluding hydrogens is 270 g/mol. The van der Waals surface area contributed by atoms with Gasteiger partial charge in [-0.05, 0) is 38.0 Å². The molecule has 0 radical (unpaired) electrons. The first-order valence-corrected chi connectivity index (χ1v) is 7.07. The standard InChI is InChI=1S/C16H17NO4/c1-10-2-5-13-11(8-10)9-14(21-13)16(20)17(12-3-4-12)7-6-15(18)19/h2,5,8-9,12H,3-4,6-7H2,1H3,(H,18,19). The first kappa shape index (κ1) is 13.7. The normalized spacial score (nSPS) is 14.3. The number of benzene rings is 1. The minimum absolute atomic E-state index is 0.0401. The van der Waals surface area contributed by atoms with E-state index < -0.39 is 5.97 Å². The van der Waals surface area contributed by atoms with Gasteiger partial charge >= 0.3 is 5.97 Å². The fourth-order valence-electron chi connectivity index (χ4n) is 2.46. The van der Waals surface area contributed by atoms with Crippen molar-refractivity contribution in [3.63, 3.8) is 0 Å². The van der Waals surface area contributed by atoms with Crippen molar-refractivity contribution < 1.29 is 19.1 Å². The van der Waals surface area contributed by atoms with Gasteiger partial charge in [0, 0.05) is 18.0 Å². The molecule has 110 valence electrons. The van der Waals surface area contributed by atoms with Crippen LogP contribution in [0.2, 0.25) is 0 Å². The van der Waals surface area contributed by atoms with E-state index in [-0.39, 0.29) is 30.7 Å². The highest BCUT2D eigenvalue weighted by atomic mass is 16.4. The molecule has 0 atom stereocenters. The average molecular weight is 287 g/mol. The fraction of sp³-hybridized carbons (Fsp3) is 0.375. The molecule has 2 aromatic rings. The van der Waals surface area contributed by atoms with E-state index in [2.05, 4.69) is 0 Å². The Kier molecular flexibility index (Phi) is 3.41.